The summed E-state index contributed by atoms with van der Waals surface area (Å²) in [6.45, 7) is 2.52. The van der Waals surface area contributed by atoms with Crippen molar-refractivity contribution in [3.05, 3.63) is 64.8 Å². The summed E-state index contributed by atoms with van der Waals surface area (Å²) in [6.07, 6.45) is -2.09. The van der Waals surface area contributed by atoms with Gasteiger partial charge in [0.15, 0.2) is 29.4 Å². The fourth-order valence-corrected chi connectivity index (χ4v) is 4.64. The van der Waals surface area contributed by atoms with Crippen molar-refractivity contribution in [2.75, 3.05) is 18.4 Å². The molecule has 1 saturated heterocycles. The third kappa shape index (κ3) is 6.90. The summed E-state index contributed by atoms with van der Waals surface area (Å²) in [4.78, 5) is 39.3. The van der Waals surface area contributed by atoms with E-state index in [-0.39, 0.29) is 11.8 Å². The number of hydrogen-bond donors (Lipinski definition) is 6. The minimum absolute atomic E-state index is 0.00908. The summed E-state index contributed by atoms with van der Waals surface area (Å²) in [5, 5.41) is 43.4. The number of aliphatic hydroxyl groups excluding tert-OH is 2. The van der Waals surface area contributed by atoms with Crippen molar-refractivity contribution in [1.29, 1.82) is 0 Å². The molecule has 1 fully saturated rings. The molecule has 3 aromatic heterocycles. The van der Waals surface area contributed by atoms with Crippen molar-refractivity contribution in [3.63, 3.8) is 0 Å². The highest BCUT2D eigenvalue weighted by Gasteiger charge is 2.30. The number of rotatable bonds is 8. The number of anilines is 1. The Labute approximate surface area is 235 Å². The van der Waals surface area contributed by atoms with Crippen LogP contribution in [-0.4, -0.2) is 83.7 Å². The molecular formula is C26H26BrN5O8. The smallest absolute Gasteiger partial charge is 0.335 e. The molecule has 0 saturated carbocycles. The van der Waals surface area contributed by atoms with Gasteiger partial charge in [0.1, 0.15) is 5.69 Å². The molecule has 1 amide bonds. The minimum atomic E-state index is -2.27. The lowest BCUT2D eigenvalue weighted by Gasteiger charge is -2.15. The van der Waals surface area contributed by atoms with Gasteiger partial charge >= 0.3 is 11.9 Å². The maximum atomic E-state index is 12.9. The fraction of sp³-hybridized carbons (Fsp3) is 0.269. The zero-order chi connectivity index (χ0) is 28.8. The number of nitrogens with zero attached hydrogens (tertiary/aromatic N) is 3. The zero-order valence-electron chi connectivity index (χ0n) is 20.9. The highest BCUT2D eigenvalue weighted by molar-refractivity contribution is 9.10. The highest BCUT2D eigenvalue weighted by Crippen LogP contribution is 2.32. The van der Waals surface area contributed by atoms with Crippen LogP contribution in [0.3, 0.4) is 0 Å². The number of halogens is 1. The monoisotopic (exact) mass is 615 g/mol. The van der Waals surface area contributed by atoms with Gasteiger partial charge in [-0.25, -0.2) is 14.6 Å². The fourth-order valence-electron chi connectivity index (χ4n) is 4.13. The number of aliphatic carboxylic acids is 2. The van der Waals surface area contributed by atoms with E-state index < -0.39 is 24.1 Å². The van der Waals surface area contributed by atoms with E-state index in [1.807, 2.05) is 36.4 Å². The molecule has 13 nitrogen and oxygen atoms in total. The third-order valence-electron chi connectivity index (χ3n) is 6.20. The second kappa shape index (κ2) is 12.8. The number of carbonyl (C=O) groups is 3. The van der Waals surface area contributed by atoms with E-state index in [0.29, 0.717) is 22.9 Å². The van der Waals surface area contributed by atoms with Crippen LogP contribution < -0.4 is 5.32 Å². The predicted molar refractivity (Wildman–Crippen MR) is 145 cm³/mol. The zero-order valence-corrected chi connectivity index (χ0v) is 22.5. The number of carboxylic acid groups (broad SMARTS) is 2. The second-order valence-corrected chi connectivity index (χ2v) is 9.88. The number of carboxylic acids is 2. The summed E-state index contributed by atoms with van der Waals surface area (Å²) in [6, 6.07) is 15.9. The van der Waals surface area contributed by atoms with Crippen molar-refractivity contribution in [1.82, 2.24) is 20.1 Å². The first-order chi connectivity index (χ1) is 19.1. The first-order valence-corrected chi connectivity index (χ1v) is 12.9. The van der Waals surface area contributed by atoms with Gasteiger partial charge in [-0.05, 0) is 52.7 Å². The molecule has 0 radical (unpaired) electrons. The van der Waals surface area contributed by atoms with Crippen LogP contribution in [0.25, 0.3) is 22.5 Å². The Balaban J connectivity index is 0.000000318. The van der Waals surface area contributed by atoms with Crippen LogP contribution in [0, 0.1) is 5.92 Å². The van der Waals surface area contributed by atoms with Gasteiger partial charge in [0, 0.05) is 17.6 Å². The molecule has 40 heavy (non-hydrogen) atoms. The van der Waals surface area contributed by atoms with Gasteiger partial charge in [0.25, 0.3) is 0 Å². The molecule has 0 spiro atoms. The van der Waals surface area contributed by atoms with Gasteiger partial charge in [-0.3, -0.25) is 14.8 Å². The lowest BCUT2D eigenvalue weighted by atomic mass is 10.1. The number of carbonyl (C=O) groups excluding carboxylic acids is 1. The van der Waals surface area contributed by atoms with Crippen molar-refractivity contribution in [2.24, 2.45) is 5.92 Å². The molecule has 5 rings (SSSR count). The van der Waals surface area contributed by atoms with E-state index >= 15 is 0 Å². The quantitative estimate of drug-likeness (QED) is 0.170. The number of nitrogens with one attached hydrogen (secondary N) is 2. The maximum Gasteiger partial charge on any atom is 0.335 e. The Morgan fingerprint density at radius 1 is 1.10 bits per heavy atom. The van der Waals surface area contributed by atoms with Crippen molar-refractivity contribution in [3.8, 4) is 11.5 Å². The number of furan rings is 1. The molecule has 1 aliphatic heterocycles. The second-order valence-electron chi connectivity index (χ2n) is 9.03. The summed E-state index contributed by atoms with van der Waals surface area (Å²) >= 11 is 3.55. The Morgan fingerprint density at radius 3 is 2.42 bits per heavy atom. The van der Waals surface area contributed by atoms with E-state index in [1.54, 1.807) is 6.26 Å². The summed E-state index contributed by atoms with van der Waals surface area (Å²) < 4.78 is 6.21. The number of hydrogen-bond acceptors (Lipinski definition) is 9. The van der Waals surface area contributed by atoms with Crippen LogP contribution in [0.4, 0.5) is 5.82 Å². The van der Waals surface area contributed by atoms with Gasteiger partial charge in [-0.15, -0.1) is 0 Å². The highest BCUT2D eigenvalue weighted by atomic mass is 79.9. The molecule has 1 aliphatic rings. The molecule has 14 heteroatoms. The number of pyridine rings is 1. The number of aromatic nitrogens is 3. The van der Waals surface area contributed by atoms with E-state index in [4.69, 9.17) is 24.8 Å². The number of benzene rings is 1. The van der Waals surface area contributed by atoms with Gasteiger partial charge < -0.3 is 30.2 Å². The largest absolute Gasteiger partial charge is 0.479 e. The molecule has 210 valence electrons. The molecule has 1 aromatic carbocycles. The topological polar surface area (TPSA) is 202 Å². The molecule has 3 atom stereocenters. The number of aromatic amines is 1. The first-order valence-electron chi connectivity index (χ1n) is 12.1. The molecule has 4 aromatic rings. The van der Waals surface area contributed by atoms with Gasteiger partial charge in [-0.2, -0.15) is 5.10 Å². The van der Waals surface area contributed by atoms with Crippen LogP contribution in [-0.2, 0) is 20.9 Å². The van der Waals surface area contributed by atoms with Crippen molar-refractivity contribution < 1.29 is 39.2 Å². The predicted octanol–water partition coefficient (Wildman–Crippen LogP) is 2.32. The first kappa shape index (κ1) is 28.9. The maximum absolute atomic E-state index is 12.9. The van der Waals surface area contributed by atoms with Gasteiger partial charge in [0.05, 0.1) is 17.6 Å². The minimum Gasteiger partial charge on any atom is -0.479 e. The normalized spacial score (nSPS) is 16.6. The van der Waals surface area contributed by atoms with Crippen LogP contribution in [0.5, 0.6) is 0 Å². The number of H-pyrrole nitrogens is 1. The van der Waals surface area contributed by atoms with E-state index in [0.717, 1.165) is 35.9 Å². The molecular weight excluding hydrogens is 590 g/mol. The van der Waals surface area contributed by atoms with Crippen molar-refractivity contribution >= 4 is 50.6 Å². The van der Waals surface area contributed by atoms with E-state index in [2.05, 4.69) is 53.5 Å². The lowest BCUT2D eigenvalue weighted by Crippen LogP contribution is -2.39. The van der Waals surface area contributed by atoms with Crippen LogP contribution in [0.2, 0.25) is 0 Å². The van der Waals surface area contributed by atoms with Crippen LogP contribution >= 0.6 is 15.9 Å². The van der Waals surface area contributed by atoms with Gasteiger partial charge in [-0.1, -0.05) is 30.3 Å². The third-order valence-corrected chi connectivity index (χ3v) is 6.80. The number of fused-ring (bicyclic) bond motifs is 1. The molecule has 1 unspecified atom stereocenters. The molecule has 0 aliphatic carbocycles. The summed E-state index contributed by atoms with van der Waals surface area (Å²) in [5.74, 6) is -2.45. The summed E-state index contributed by atoms with van der Waals surface area (Å²) in [7, 11) is 0. The summed E-state index contributed by atoms with van der Waals surface area (Å²) in [5.41, 5.74) is 2.54. The number of aliphatic hydroxyl groups is 2. The Bertz CT molecular complexity index is 1460. The Kier molecular flexibility index (Phi) is 9.26. The van der Waals surface area contributed by atoms with Crippen molar-refractivity contribution in [2.45, 2.75) is 25.2 Å². The number of amides is 1. The average molecular weight is 616 g/mol. The molecule has 0 bridgehead atoms. The number of likely N-dealkylation sites (tertiary alicyclic amines) is 1. The van der Waals surface area contributed by atoms with Crippen LogP contribution in [0.1, 0.15) is 12.0 Å². The average Bonchev–Trinajstić information content (AvgIpc) is 3.70. The van der Waals surface area contributed by atoms with Crippen LogP contribution in [0.15, 0.2) is 63.7 Å². The molecule has 4 heterocycles. The lowest BCUT2D eigenvalue weighted by molar-refractivity contribution is -0.165. The molecule has 6 N–H and O–H groups in total. The Hall–Kier alpha value is -4.11. The SMILES string of the molecule is O=C(Nc1n[nH]c2nc(-c3ccco3)c(Br)cc12)C1CCN(Cc2ccccc2)C1.O=C(O)[C@H](O)[C@@H](O)C(=O)O. The van der Waals surface area contributed by atoms with E-state index in [1.165, 1.54) is 5.56 Å². The van der Waals surface area contributed by atoms with E-state index in [9.17, 15) is 14.4 Å². The standard InChI is InChI=1S/C22H20BrN5O2.C4H6O6/c23-17-11-16-20(24-19(17)18-7-4-10-30-18)26-27-21(16)25-22(29)15-8-9-28(13-15)12-14-5-2-1-3-6-14;5-1(3(7)8)2(6)4(9)10/h1-7,10-11,15H,8-9,12-13H2,(H2,24,25,26,27,29);1-2,5-6H,(H,7,8)(H,9,10)/t;1-,2-/m.1/s1. The van der Waals surface area contributed by atoms with Gasteiger partial charge in [0.2, 0.25) is 5.91 Å². The Morgan fingerprint density at radius 2 is 1.80 bits per heavy atom.